The lowest BCUT2D eigenvalue weighted by atomic mass is 10.1. The zero-order chi connectivity index (χ0) is 14.4. The average Bonchev–Trinajstić information content (AvgIpc) is 2.44. The minimum atomic E-state index is -0.380. The van der Waals surface area contributed by atoms with Gasteiger partial charge >= 0.3 is 0 Å². The van der Waals surface area contributed by atoms with Crippen LogP contribution in [0.5, 0.6) is 0 Å². The van der Waals surface area contributed by atoms with Gasteiger partial charge in [0.2, 0.25) is 0 Å². The number of nitrogens with zero attached hydrogens (tertiary/aromatic N) is 1. The Hall–Kier alpha value is -1.59. The van der Waals surface area contributed by atoms with Crippen molar-refractivity contribution in [3.63, 3.8) is 0 Å². The van der Waals surface area contributed by atoms with Crippen molar-refractivity contribution in [2.75, 3.05) is 44.6 Å². The molecule has 1 aliphatic rings. The summed E-state index contributed by atoms with van der Waals surface area (Å²) in [6.07, 6.45) is 1.06. The van der Waals surface area contributed by atoms with E-state index in [2.05, 4.69) is 15.5 Å². The third kappa shape index (κ3) is 4.21. The van der Waals surface area contributed by atoms with Crippen molar-refractivity contribution in [1.29, 1.82) is 0 Å². The number of hydrogen-bond acceptors (Lipinski definition) is 4. The van der Waals surface area contributed by atoms with Crippen molar-refractivity contribution in [3.8, 4) is 0 Å². The van der Waals surface area contributed by atoms with Crippen molar-refractivity contribution in [3.05, 3.63) is 29.3 Å². The highest BCUT2D eigenvalue weighted by Crippen LogP contribution is 2.17. The van der Waals surface area contributed by atoms with Gasteiger partial charge in [-0.05, 0) is 37.6 Å². The Kier molecular flexibility index (Phi) is 5.38. The molecule has 1 fully saturated rings. The summed E-state index contributed by atoms with van der Waals surface area (Å²) in [5.41, 5.74) is 7.93. The second-order valence-corrected chi connectivity index (χ2v) is 5.29. The number of aryl methyl sites for hydroxylation is 1. The van der Waals surface area contributed by atoms with Crippen molar-refractivity contribution in [2.24, 2.45) is 5.73 Å². The molecule has 5 heteroatoms. The molecule has 0 saturated carbocycles. The quantitative estimate of drug-likeness (QED) is 0.672. The van der Waals surface area contributed by atoms with E-state index in [4.69, 9.17) is 5.73 Å². The summed E-state index contributed by atoms with van der Waals surface area (Å²) in [6.45, 7) is 8.36. The Morgan fingerprint density at radius 3 is 2.85 bits per heavy atom. The molecule has 1 amide bonds. The van der Waals surface area contributed by atoms with E-state index in [1.807, 2.05) is 19.1 Å². The van der Waals surface area contributed by atoms with Crippen LogP contribution in [0.25, 0.3) is 0 Å². The number of anilines is 1. The molecule has 0 aromatic heterocycles. The van der Waals surface area contributed by atoms with Gasteiger partial charge in [0.1, 0.15) is 0 Å². The van der Waals surface area contributed by atoms with E-state index in [-0.39, 0.29) is 5.91 Å². The van der Waals surface area contributed by atoms with E-state index in [0.717, 1.165) is 56.9 Å². The van der Waals surface area contributed by atoms with Gasteiger partial charge in [0.05, 0.1) is 5.56 Å². The minimum absolute atomic E-state index is 0.380. The molecule has 0 radical (unpaired) electrons. The number of nitrogens with one attached hydrogen (secondary N) is 2. The predicted molar refractivity (Wildman–Crippen MR) is 82.1 cm³/mol. The molecule has 0 bridgehead atoms. The Balaban J connectivity index is 1.81. The zero-order valence-electron chi connectivity index (χ0n) is 12.1. The number of nitrogens with two attached hydrogens (primary N) is 1. The smallest absolute Gasteiger partial charge is 0.250 e. The first-order valence-electron chi connectivity index (χ1n) is 7.24. The first kappa shape index (κ1) is 14.8. The summed E-state index contributed by atoms with van der Waals surface area (Å²) in [5.74, 6) is -0.380. The molecule has 4 N–H and O–H groups in total. The highest BCUT2D eigenvalue weighted by Gasteiger charge is 2.10. The standard InChI is InChI=1S/C15H24N4O/c1-12-3-4-13(15(16)20)14(11-12)18-5-2-8-19-9-6-17-7-10-19/h3-4,11,17-18H,2,5-10H2,1H3,(H2,16,20). The zero-order valence-corrected chi connectivity index (χ0v) is 12.1. The SMILES string of the molecule is Cc1ccc(C(N)=O)c(NCCCN2CCNCC2)c1. The summed E-state index contributed by atoms with van der Waals surface area (Å²) >= 11 is 0. The monoisotopic (exact) mass is 276 g/mol. The first-order valence-corrected chi connectivity index (χ1v) is 7.24. The van der Waals surface area contributed by atoms with Gasteiger partial charge in [0.25, 0.3) is 5.91 Å². The molecule has 1 aromatic carbocycles. The first-order chi connectivity index (χ1) is 9.66. The van der Waals surface area contributed by atoms with Gasteiger partial charge in [-0.25, -0.2) is 0 Å². The van der Waals surface area contributed by atoms with Crippen LogP contribution in [0.3, 0.4) is 0 Å². The molecule has 110 valence electrons. The molecular weight excluding hydrogens is 252 g/mol. The van der Waals surface area contributed by atoms with E-state index in [9.17, 15) is 4.79 Å². The molecule has 0 spiro atoms. The predicted octanol–water partition coefficient (Wildman–Crippen LogP) is 0.801. The molecule has 5 nitrogen and oxygen atoms in total. The minimum Gasteiger partial charge on any atom is -0.384 e. The van der Waals surface area contributed by atoms with Crippen molar-refractivity contribution >= 4 is 11.6 Å². The van der Waals surface area contributed by atoms with Gasteiger partial charge in [0, 0.05) is 38.4 Å². The van der Waals surface area contributed by atoms with Crippen molar-refractivity contribution in [1.82, 2.24) is 10.2 Å². The summed E-state index contributed by atoms with van der Waals surface area (Å²) in [5, 5.41) is 6.68. The number of piperazine rings is 1. The van der Waals surface area contributed by atoms with Crippen LogP contribution < -0.4 is 16.4 Å². The van der Waals surface area contributed by atoms with Crippen LogP contribution in [0.15, 0.2) is 18.2 Å². The lowest BCUT2D eigenvalue weighted by Gasteiger charge is -2.27. The van der Waals surface area contributed by atoms with Crippen LogP contribution in [0.1, 0.15) is 22.3 Å². The van der Waals surface area contributed by atoms with E-state index >= 15 is 0 Å². The van der Waals surface area contributed by atoms with Gasteiger partial charge in [0.15, 0.2) is 0 Å². The molecular formula is C15H24N4O. The topological polar surface area (TPSA) is 70.4 Å². The second kappa shape index (κ2) is 7.26. The van der Waals surface area contributed by atoms with Gasteiger partial charge in [-0.2, -0.15) is 0 Å². The summed E-state index contributed by atoms with van der Waals surface area (Å²) in [7, 11) is 0. The molecule has 0 unspecified atom stereocenters. The molecule has 20 heavy (non-hydrogen) atoms. The molecule has 2 rings (SSSR count). The fourth-order valence-electron chi connectivity index (χ4n) is 2.48. The molecule has 1 aromatic rings. The fraction of sp³-hybridized carbons (Fsp3) is 0.533. The fourth-order valence-corrected chi connectivity index (χ4v) is 2.48. The Morgan fingerprint density at radius 1 is 1.40 bits per heavy atom. The highest BCUT2D eigenvalue weighted by atomic mass is 16.1. The number of benzene rings is 1. The van der Waals surface area contributed by atoms with E-state index in [1.165, 1.54) is 0 Å². The molecule has 1 saturated heterocycles. The van der Waals surface area contributed by atoms with E-state index in [0.29, 0.717) is 5.56 Å². The van der Waals surface area contributed by atoms with E-state index < -0.39 is 0 Å². The molecule has 1 heterocycles. The molecule has 1 aliphatic heterocycles. The third-order valence-corrected chi connectivity index (χ3v) is 3.62. The lowest BCUT2D eigenvalue weighted by molar-refractivity contribution is 0.100. The van der Waals surface area contributed by atoms with Crippen LogP contribution in [-0.4, -0.2) is 50.1 Å². The molecule has 0 aliphatic carbocycles. The maximum atomic E-state index is 11.4. The largest absolute Gasteiger partial charge is 0.384 e. The maximum Gasteiger partial charge on any atom is 0.250 e. The van der Waals surface area contributed by atoms with Crippen molar-refractivity contribution < 1.29 is 4.79 Å². The van der Waals surface area contributed by atoms with Gasteiger partial charge in [-0.3, -0.25) is 4.79 Å². The van der Waals surface area contributed by atoms with Gasteiger partial charge in [-0.1, -0.05) is 6.07 Å². The maximum absolute atomic E-state index is 11.4. The second-order valence-electron chi connectivity index (χ2n) is 5.29. The van der Waals surface area contributed by atoms with Gasteiger partial charge < -0.3 is 21.3 Å². The Bertz CT molecular complexity index is 455. The number of rotatable bonds is 6. The summed E-state index contributed by atoms with van der Waals surface area (Å²) < 4.78 is 0. The third-order valence-electron chi connectivity index (χ3n) is 3.62. The van der Waals surface area contributed by atoms with Gasteiger partial charge in [-0.15, -0.1) is 0 Å². The van der Waals surface area contributed by atoms with Crippen LogP contribution in [-0.2, 0) is 0 Å². The van der Waals surface area contributed by atoms with Crippen LogP contribution in [0, 0.1) is 6.92 Å². The normalized spacial score (nSPS) is 16.1. The van der Waals surface area contributed by atoms with Crippen LogP contribution >= 0.6 is 0 Å². The summed E-state index contributed by atoms with van der Waals surface area (Å²) in [4.78, 5) is 13.8. The number of amides is 1. The van der Waals surface area contributed by atoms with Crippen molar-refractivity contribution in [2.45, 2.75) is 13.3 Å². The van der Waals surface area contributed by atoms with Crippen LogP contribution in [0.4, 0.5) is 5.69 Å². The molecule has 0 atom stereocenters. The van der Waals surface area contributed by atoms with E-state index in [1.54, 1.807) is 6.07 Å². The van der Waals surface area contributed by atoms with Crippen LogP contribution in [0.2, 0.25) is 0 Å². The number of carbonyl (C=O) groups is 1. The highest BCUT2D eigenvalue weighted by molar-refractivity contribution is 5.98. The Morgan fingerprint density at radius 2 is 2.15 bits per heavy atom. The number of hydrogen-bond donors (Lipinski definition) is 3. The average molecular weight is 276 g/mol. The number of carbonyl (C=O) groups excluding carboxylic acids is 1. The Labute approximate surface area is 120 Å². The summed E-state index contributed by atoms with van der Waals surface area (Å²) in [6, 6.07) is 5.67. The number of primary amides is 1. The lowest BCUT2D eigenvalue weighted by Crippen LogP contribution is -2.44.